The van der Waals surface area contributed by atoms with Gasteiger partial charge >= 0.3 is 6.18 Å². The molecule has 726 valence electrons. The molecule has 9 heterocycles. The normalized spacial score (nSPS) is 11.4. The Morgan fingerprint density at radius 2 is 0.586 bits per heavy atom. The van der Waals surface area contributed by atoms with Crippen molar-refractivity contribution in [3.63, 3.8) is 0 Å². The monoisotopic (exact) mass is 2870 g/mol. The van der Waals surface area contributed by atoms with Crippen molar-refractivity contribution in [2.75, 3.05) is 0 Å². The van der Waals surface area contributed by atoms with E-state index in [0.29, 0.717) is 5.56 Å². The Labute approximate surface area is 923 Å². The van der Waals surface area contributed by atoms with Crippen molar-refractivity contribution in [2.24, 2.45) is 4.99 Å². The molecule has 6 radical (unpaired) electrons. The molecule has 15 aromatic carbocycles. The molecule has 8 aromatic heterocycles. The number of alkyl halides is 3. The van der Waals surface area contributed by atoms with Gasteiger partial charge in [0.1, 0.15) is 0 Å². The Hall–Kier alpha value is -14.2. The quantitative estimate of drug-likeness (QED) is 0.0755. The van der Waals surface area contributed by atoms with Gasteiger partial charge in [0, 0.05) is 186 Å². The first-order valence-electron chi connectivity index (χ1n) is 44.8. The predicted octanol–water partition coefficient (Wildman–Crippen LogP) is 31.1. The molecular weight excluding hydrogens is 2780 g/mol. The van der Waals surface area contributed by atoms with E-state index in [2.05, 4.69) is 235 Å². The van der Waals surface area contributed by atoms with Gasteiger partial charge < -0.3 is 39.9 Å². The van der Waals surface area contributed by atoms with Crippen molar-refractivity contribution in [1.82, 2.24) is 39.9 Å². The molecule has 0 N–H and O–H groups in total. The number of benzene rings is 15. The van der Waals surface area contributed by atoms with Crippen LogP contribution in [-0.4, -0.2) is 45.6 Å². The minimum Gasteiger partial charge on any atom is -0.305 e. The number of para-hydroxylation sites is 1. The molecule has 23 aromatic rings. The van der Waals surface area contributed by atoms with Crippen LogP contribution in [0.1, 0.15) is 29.2 Å². The van der Waals surface area contributed by atoms with E-state index in [1.54, 1.807) is 24.8 Å². The van der Waals surface area contributed by atoms with E-state index in [4.69, 9.17) is 4.99 Å². The maximum absolute atomic E-state index is 12.6. The van der Waals surface area contributed by atoms with E-state index in [-0.39, 0.29) is 131 Å². The Kier molecular flexibility index (Phi) is 45.5. The van der Waals surface area contributed by atoms with Crippen molar-refractivity contribution >= 4 is 54.5 Å². The summed E-state index contributed by atoms with van der Waals surface area (Å²) in [5.74, 6) is -0.499. The van der Waals surface area contributed by atoms with Gasteiger partial charge in [-0.3, -0.25) is 9.38 Å². The topological polar surface area (TPSA) is 115 Å². The largest absolute Gasteiger partial charge is 0.415 e. The summed E-state index contributed by atoms with van der Waals surface area (Å²) >= 11 is 0. The third-order valence-corrected chi connectivity index (χ3v) is 22.1. The maximum atomic E-state index is 12.6. The van der Waals surface area contributed by atoms with E-state index in [9.17, 15) is 17.6 Å². The Morgan fingerprint density at radius 1 is 0.248 bits per heavy atom. The molecule has 0 bridgehead atoms. The Bertz CT molecular complexity index is 7210. The molecule has 0 saturated heterocycles. The fourth-order valence-electron chi connectivity index (χ4n) is 15.2. The second kappa shape index (κ2) is 58.5. The number of nitrogens with zero attached hydrogens (tertiary/aromatic N) is 9. The molecule has 9 nitrogen and oxygen atoms in total. The minimum atomic E-state index is -4.42. The fourth-order valence-corrected chi connectivity index (χ4v) is 15.2. The smallest absolute Gasteiger partial charge is 0.305 e. The number of fused-ring (bicyclic) bond motifs is 5. The first-order chi connectivity index (χ1) is 68.4. The first kappa shape index (κ1) is 113. The molecule has 24 rings (SSSR count). The van der Waals surface area contributed by atoms with Crippen molar-refractivity contribution in [1.29, 1.82) is 0 Å². The summed E-state index contributed by atoms with van der Waals surface area (Å²) in [6, 6.07) is 175. The summed E-state index contributed by atoms with van der Waals surface area (Å²) in [7, 11) is 0. The van der Waals surface area contributed by atoms with Crippen LogP contribution in [-0.2, 0) is 132 Å². The maximum Gasteiger partial charge on any atom is 0.415 e. The minimum absolute atomic E-state index is 0. The van der Waals surface area contributed by atoms with Crippen molar-refractivity contribution in [3.05, 3.63) is 587 Å². The van der Waals surface area contributed by atoms with Crippen LogP contribution >= 0.6 is 0 Å². The Balaban J connectivity index is 0.000000168. The second-order valence-corrected chi connectivity index (χ2v) is 31.3. The molecule has 1 aliphatic rings. The van der Waals surface area contributed by atoms with Crippen LogP contribution < -0.4 is 0 Å². The van der Waals surface area contributed by atoms with Gasteiger partial charge in [-0.15, -0.1) is 310 Å². The summed E-state index contributed by atoms with van der Waals surface area (Å²) in [6.45, 7) is 2.27. The summed E-state index contributed by atoms with van der Waals surface area (Å²) in [6.07, 6.45) is 9.40. The molecule has 19 heteroatoms. The van der Waals surface area contributed by atoms with E-state index >= 15 is 0 Å². The molecule has 1 aliphatic heterocycles. The Morgan fingerprint density at radius 3 is 0.993 bits per heavy atom. The van der Waals surface area contributed by atoms with Gasteiger partial charge in [0.05, 0.1) is 5.69 Å². The SMILES string of the molecule is CC1(c2ccccc2)C(c2[c-]cc3ccccc3c2)=Nc2ccccc21.Fc1c[c-]c(-c2cc(C(F)(F)F)ccn2)cc1.[Ir].[Ir].[Ir].[Ir].[Ir].[Rh].[c-]1ccccc1-c1cc2ccccc2cn1.[c-]1ccccc1-c1ccccn1.[c-]1ccccc1-c1ccccn1.[c-]1ccccc1-c1ccccn1.[c-]1ccccc1-c1ccccn1.[c-]1ccccc1-c1nccc2ccccc12.[c-]1ccccc1-c1nccc2ccccc12. The number of hydrogen-bond donors (Lipinski definition) is 0. The number of pyridine rings is 8. The average Bonchev–Trinajstić information content (AvgIpc) is 1.58. The average molecular weight is 2870 g/mol. The van der Waals surface area contributed by atoms with Crippen molar-refractivity contribution < 1.29 is 138 Å². The summed E-state index contributed by atoms with van der Waals surface area (Å²) in [5, 5.41) is 9.57. The number of hydrogen-bond acceptors (Lipinski definition) is 9. The molecule has 0 amide bonds. The molecule has 0 saturated carbocycles. The van der Waals surface area contributed by atoms with Crippen LogP contribution in [0.3, 0.4) is 0 Å². The standard InChI is InChI=1S/C25H18N.3C15H10N.C12H6F4N.4C11H8N.5Ir.Rh/c1-25(21-11-3-2-4-12-21)22-13-7-8-14-23(22)26-24(25)20-16-15-18-9-5-6-10-19(18)17-20;2*1-2-7-13(8-3-1)15-14-9-5-4-6-12(14)10-11-16-15;1-2-6-12(7-3-1)15-10-13-8-4-5-9-14(13)11-16-15;13-10-3-1-8(2-4-10)11-7-9(5-6-17-11)12(14,15)16;4*1-2-6-10(7-3-1)11-8-4-5-9-12-11;;;;;;/h2-15,17H,1H3;2*1-7,9-11H;1-6,8-11H;1,3-7H;4*1-6,8-9H;;;;;;/q9*-1;;;;;;. The predicted molar refractivity (Wildman–Crippen MR) is 554 cm³/mol. The van der Waals surface area contributed by atoms with Crippen molar-refractivity contribution in [2.45, 2.75) is 18.5 Å². The van der Waals surface area contributed by atoms with Gasteiger partial charge in [-0.25, -0.2) is 0 Å². The third kappa shape index (κ3) is 31.7. The van der Waals surface area contributed by atoms with Crippen LogP contribution in [0, 0.1) is 60.4 Å². The zero-order chi connectivity index (χ0) is 95.3. The van der Waals surface area contributed by atoms with Gasteiger partial charge in [-0.2, -0.15) is 13.2 Å². The number of rotatable bonds is 10. The van der Waals surface area contributed by atoms with Crippen LogP contribution in [0.5, 0.6) is 0 Å². The van der Waals surface area contributed by atoms with Gasteiger partial charge in [0.25, 0.3) is 0 Å². The van der Waals surface area contributed by atoms with Crippen LogP contribution in [0.2, 0.25) is 0 Å². The zero-order valence-corrected chi connectivity index (χ0v) is 91.1. The molecule has 1 atom stereocenters. The summed E-state index contributed by atoms with van der Waals surface area (Å²) in [4.78, 5) is 39.1. The second-order valence-electron chi connectivity index (χ2n) is 31.3. The van der Waals surface area contributed by atoms with Crippen LogP contribution in [0.15, 0.2) is 510 Å². The number of halogens is 4. The molecule has 0 fully saturated rings. The van der Waals surface area contributed by atoms with Crippen LogP contribution in [0.25, 0.3) is 133 Å². The van der Waals surface area contributed by atoms with E-state index in [1.807, 2.05) is 310 Å². The van der Waals surface area contributed by atoms with Gasteiger partial charge in [0.15, 0.2) is 0 Å². The van der Waals surface area contributed by atoms with E-state index in [1.165, 1.54) is 60.3 Å². The van der Waals surface area contributed by atoms with Gasteiger partial charge in [-0.05, 0) is 143 Å². The summed E-state index contributed by atoms with van der Waals surface area (Å²) < 4.78 is 50.0. The van der Waals surface area contributed by atoms with Gasteiger partial charge in [0.2, 0.25) is 0 Å². The van der Waals surface area contributed by atoms with Crippen LogP contribution in [0.4, 0.5) is 23.2 Å². The zero-order valence-electron chi connectivity index (χ0n) is 77.5. The van der Waals surface area contributed by atoms with E-state index < -0.39 is 17.6 Å². The molecule has 0 spiro atoms. The third-order valence-electron chi connectivity index (χ3n) is 22.1. The molecule has 0 aliphatic carbocycles. The van der Waals surface area contributed by atoms with Crippen molar-refractivity contribution in [3.8, 4) is 90.1 Å². The molecule has 145 heavy (non-hydrogen) atoms. The number of aromatic nitrogens is 8. The molecule has 1 unspecified atom stereocenters. The summed E-state index contributed by atoms with van der Waals surface area (Å²) in [5.41, 5.74) is 19.2. The molecular formula is C126H86F4Ir5N9Rh-9. The fraction of sp³-hybridized carbons (Fsp3) is 0.0238. The van der Waals surface area contributed by atoms with E-state index in [0.717, 1.165) is 126 Å². The first-order valence-corrected chi connectivity index (χ1v) is 44.8. The number of aliphatic imine (C=N–C) groups is 1. The van der Waals surface area contributed by atoms with Gasteiger partial charge in [-0.1, -0.05) is 219 Å².